The lowest BCUT2D eigenvalue weighted by Gasteiger charge is -2.29. The van der Waals surface area contributed by atoms with Gasteiger partial charge in [0.15, 0.2) is 5.82 Å². The zero-order valence-corrected chi connectivity index (χ0v) is 13.0. The molecule has 0 N–H and O–H groups in total. The van der Waals surface area contributed by atoms with Crippen LogP contribution in [0.3, 0.4) is 0 Å². The molecular weight excluding hydrogens is 276 g/mol. The Morgan fingerprint density at radius 1 is 1.23 bits per heavy atom. The Labute approximate surface area is 130 Å². The molecule has 5 nitrogen and oxygen atoms in total. The number of Topliss-reactive ketones (excluding diaryl/α,β-unsaturated/α-hetero) is 1. The predicted octanol–water partition coefficient (Wildman–Crippen LogP) is 2.58. The average molecular weight is 296 g/mol. The smallest absolute Gasteiger partial charge is 0.163 e. The number of piperidine rings is 1. The van der Waals surface area contributed by atoms with Crippen LogP contribution in [0.15, 0.2) is 24.5 Å². The molecule has 0 unspecified atom stereocenters. The van der Waals surface area contributed by atoms with Crippen LogP contribution in [0, 0.1) is 6.92 Å². The molecule has 5 heteroatoms. The summed E-state index contributed by atoms with van der Waals surface area (Å²) >= 11 is 0. The Kier molecular flexibility index (Phi) is 4.13. The van der Waals surface area contributed by atoms with Gasteiger partial charge in [0.2, 0.25) is 0 Å². The van der Waals surface area contributed by atoms with Crippen LogP contribution in [0.5, 0.6) is 0 Å². The summed E-state index contributed by atoms with van der Waals surface area (Å²) in [6, 6.07) is 3.86. The Bertz CT molecular complexity index is 675. The number of aromatic nitrogens is 3. The van der Waals surface area contributed by atoms with Crippen LogP contribution in [-0.4, -0.2) is 33.8 Å². The molecule has 1 aliphatic heterocycles. The van der Waals surface area contributed by atoms with Crippen molar-refractivity contribution in [2.45, 2.75) is 33.1 Å². The summed E-state index contributed by atoms with van der Waals surface area (Å²) < 4.78 is 0. The number of hydrogen-bond acceptors (Lipinski definition) is 5. The quantitative estimate of drug-likeness (QED) is 0.871. The van der Waals surface area contributed by atoms with E-state index in [0.29, 0.717) is 24.4 Å². The molecule has 3 heterocycles. The largest absolute Gasteiger partial charge is 0.355 e. The molecule has 22 heavy (non-hydrogen) atoms. The summed E-state index contributed by atoms with van der Waals surface area (Å²) in [5, 5.41) is 0. The molecule has 0 atom stereocenters. The highest BCUT2D eigenvalue weighted by atomic mass is 16.1. The fourth-order valence-corrected chi connectivity index (χ4v) is 2.85. The fraction of sp³-hybridized carbons (Fsp3) is 0.412. The first-order valence-corrected chi connectivity index (χ1v) is 7.73. The third-order valence-corrected chi connectivity index (χ3v) is 4.09. The fourth-order valence-electron chi connectivity index (χ4n) is 2.85. The molecule has 0 bridgehead atoms. The number of ketones is 1. The van der Waals surface area contributed by atoms with E-state index in [1.807, 2.05) is 19.1 Å². The summed E-state index contributed by atoms with van der Waals surface area (Å²) in [7, 11) is 0. The average Bonchev–Trinajstić information content (AvgIpc) is 2.55. The summed E-state index contributed by atoms with van der Waals surface area (Å²) in [5.41, 5.74) is 3.09. The molecule has 2 aromatic heterocycles. The van der Waals surface area contributed by atoms with Crippen molar-refractivity contribution in [3.63, 3.8) is 0 Å². The standard InChI is InChI=1S/C17H20N4O/c1-3-15-12(2)19-16(13-5-4-8-18-11-13)20-17(15)21-9-6-14(22)7-10-21/h4-5,8,11H,3,6-7,9-10H2,1-2H3. The lowest BCUT2D eigenvalue weighted by Crippen LogP contribution is -2.35. The summed E-state index contributed by atoms with van der Waals surface area (Å²) in [4.78, 5) is 27.3. The van der Waals surface area contributed by atoms with Crippen molar-refractivity contribution in [3.05, 3.63) is 35.8 Å². The highest BCUT2D eigenvalue weighted by molar-refractivity contribution is 5.81. The van der Waals surface area contributed by atoms with Crippen LogP contribution >= 0.6 is 0 Å². The highest BCUT2D eigenvalue weighted by Crippen LogP contribution is 2.27. The minimum Gasteiger partial charge on any atom is -0.355 e. The Hall–Kier alpha value is -2.30. The number of anilines is 1. The number of aryl methyl sites for hydroxylation is 1. The summed E-state index contributed by atoms with van der Waals surface area (Å²) in [6.45, 7) is 5.64. The number of carbonyl (C=O) groups is 1. The maximum absolute atomic E-state index is 11.5. The molecule has 0 aliphatic carbocycles. The Morgan fingerprint density at radius 2 is 2.00 bits per heavy atom. The lowest BCUT2D eigenvalue weighted by atomic mass is 10.1. The van der Waals surface area contributed by atoms with Gasteiger partial charge in [-0.05, 0) is 25.5 Å². The van der Waals surface area contributed by atoms with E-state index in [-0.39, 0.29) is 0 Å². The molecule has 1 saturated heterocycles. The van der Waals surface area contributed by atoms with Crippen molar-refractivity contribution < 1.29 is 4.79 Å². The SMILES string of the molecule is CCc1c(C)nc(-c2cccnc2)nc1N1CCC(=O)CC1. The second kappa shape index (κ2) is 6.22. The van der Waals surface area contributed by atoms with Gasteiger partial charge in [-0.15, -0.1) is 0 Å². The van der Waals surface area contributed by atoms with Gasteiger partial charge < -0.3 is 4.90 Å². The van der Waals surface area contributed by atoms with E-state index >= 15 is 0 Å². The summed E-state index contributed by atoms with van der Waals surface area (Å²) in [6.07, 6.45) is 5.62. The molecule has 1 fully saturated rings. The minimum atomic E-state index is 0.340. The van der Waals surface area contributed by atoms with Crippen LogP contribution in [0.2, 0.25) is 0 Å². The molecule has 0 spiro atoms. The molecule has 3 rings (SSSR count). The molecule has 1 aliphatic rings. The number of nitrogens with zero attached hydrogens (tertiary/aromatic N) is 4. The van der Waals surface area contributed by atoms with Gasteiger partial charge >= 0.3 is 0 Å². The number of rotatable bonds is 3. The van der Waals surface area contributed by atoms with Crippen LogP contribution in [0.1, 0.15) is 31.0 Å². The molecular formula is C17H20N4O. The lowest BCUT2D eigenvalue weighted by molar-refractivity contribution is -0.119. The normalized spacial score (nSPS) is 15.2. The van der Waals surface area contributed by atoms with Crippen molar-refractivity contribution in [2.75, 3.05) is 18.0 Å². The maximum atomic E-state index is 11.5. The van der Waals surface area contributed by atoms with Gasteiger partial charge in [-0.3, -0.25) is 9.78 Å². The van der Waals surface area contributed by atoms with E-state index in [4.69, 9.17) is 4.98 Å². The molecule has 0 radical (unpaired) electrons. The van der Waals surface area contributed by atoms with Gasteiger partial charge in [0.25, 0.3) is 0 Å². The van der Waals surface area contributed by atoms with E-state index in [0.717, 1.165) is 36.6 Å². The van der Waals surface area contributed by atoms with Crippen molar-refractivity contribution in [1.82, 2.24) is 15.0 Å². The maximum Gasteiger partial charge on any atom is 0.163 e. The second-order valence-corrected chi connectivity index (χ2v) is 5.56. The molecule has 0 amide bonds. The van der Waals surface area contributed by atoms with Gasteiger partial charge in [0.1, 0.15) is 11.6 Å². The van der Waals surface area contributed by atoms with Gasteiger partial charge in [-0.25, -0.2) is 9.97 Å². The van der Waals surface area contributed by atoms with Crippen molar-refractivity contribution in [1.29, 1.82) is 0 Å². The Morgan fingerprint density at radius 3 is 2.64 bits per heavy atom. The summed E-state index contributed by atoms with van der Waals surface area (Å²) in [5.74, 6) is 2.02. The van der Waals surface area contributed by atoms with Crippen LogP contribution < -0.4 is 4.90 Å². The van der Waals surface area contributed by atoms with E-state index in [2.05, 4.69) is 21.8 Å². The van der Waals surface area contributed by atoms with Gasteiger partial charge in [0, 0.05) is 55.1 Å². The van der Waals surface area contributed by atoms with E-state index in [9.17, 15) is 4.79 Å². The third kappa shape index (κ3) is 2.84. The molecule has 2 aromatic rings. The van der Waals surface area contributed by atoms with Crippen molar-refractivity contribution in [3.8, 4) is 11.4 Å². The van der Waals surface area contributed by atoms with Gasteiger partial charge in [0.05, 0.1) is 0 Å². The van der Waals surface area contributed by atoms with Crippen molar-refractivity contribution >= 4 is 11.6 Å². The van der Waals surface area contributed by atoms with Crippen LogP contribution in [0.4, 0.5) is 5.82 Å². The minimum absolute atomic E-state index is 0.340. The first kappa shape index (κ1) is 14.6. The zero-order chi connectivity index (χ0) is 15.5. The third-order valence-electron chi connectivity index (χ3n) is 4.09. The highest BCUT2D eigenvalue weighted by Gasteiger charge is 2.22. The van der Waals surface area contributed by atoms with Crippen LogP contribution in [-0.2, 0) is 11.2 Å². The van der Waals surface area contributed by atoms with Gasteiger partial charge in [-0.2, -0.15) is 0 Å². The molecule has 0 aromatic carbocycles. The van der Waals surface area contributed by atoms with E-state index < -0.39 is 0 Å². The second-order valence-electron chi connectivity index (χ2n) is 5.56. The van der Waals surface area contributed by atoms with Gasteiger partial charge in [-0.1, -0.05) is 6.92 Å². The number of pyridine rings is 1. The number of carbonyl (C=O) groups excluding carboxylic acids is 1. The van der Waals surface area contributed by atoms with Crippen molar-refractivity contribution in [2.24, 2.45) is 0 Å². The number of hydrogen-bond donors (Lipinski definition) is 0. The zero-order valence-electron chi connectivity index (χ0n) is 13.0. The molecule has 0 saturated carbocycles. The first-order valence-electron chi connectivity index (χ1n) is 7.73. The first-order chi connectivity index (χ1) is 10.7. The van der Waals surface area contributed by atoms with E-state index in [1.54, 1.807) is 12.4 Å². The Balaban J connectivity index is 2.03. The monoisotopic (exact) mass is 296 g/mol. The topological polar surface area (TPSA) is 59.0 Å². The van der Waals surface area contributed by atoms with E-state index in [1.165, 1.54) is 5.56 Å². The van der Waals surface area contributed by atoms with Crippen LogP contribution in [0.25, 0.3) is 11.4 Å². The predicted molar refractivity (Wildman–Crippen MR) is 85.8 cm³/mol. The molecule has 114 valence electrons.